The largest absolute Gasteiger partial charge is 0.361 e. The number of aromatic nitrogens is 3. The van der Waals surface area contributed by atoms with Gasteiger partial charge in [0, 0.05) is 61.0 Å². The van der Waals surface area contributed by atoms with E-state index in [4.69, 9.17) is 0 Å². The third-order valence-electron chi connectivity index (χ3n) is 6.39. The van der Waals surface area contributed by atoms with Crippen LogP contribution in [-0.2, 0) is 19.4 Å². The zero-order valence-corrected chi connectivity index (χ0v) is 15.1. The Morgan fingerprint density at radius 1 is 1.32 bits per heavy atom. The minimum absolute atomic E-state index is 0.638. The molecule has 1 saturated heterocycles. The van der Waals surface area contributed by atoms with Crippen molar-refractivity contribution < 1.29 is 0 Å². The third kappa shape index (κ3) is 2.35. The first-order valence-electron chi connectivity index (χ1n) is 9.53. The maximum atomic E-state index is 4.50. The average molecular weight is 334 g/mol. The Balaban J connectivity index is 1.48. The third-order valence-corrected chi connectivity index (χ3v) is 6.39. The number of imidazole rings is 1. The van der Waals surface area contributed by atoms with Gasteiger partial charge in [-0.25, -0.2) is 4.98 Å². The second-order valence-electron chi connectivity index (χ2n) is 7.85. The van der Waals surface area contributed by atoms with Gasteiger partial charge < -0.3 is 14.5 Å². The smallest absolute Gasteiger partial charge is 0.108 e. The normalized spacial score (nSPS) is 26.1. The first-order valence-corrected chi connectivity index (χ1v) is 9.53. The molecule has 0 saturated carbocycles. The van der Waals surface area contributed by atoms with Crippen molar-refractivity contribution in [1.82, 2.24) is 19.4 Å². The van der Waals surface area contributed by atoms with Gasteiger partial charge in [0.05, 0.1) is 0 Å². The molecule has 130 valence electrons. The van der Waals surface area contributed by atoms with Gasteiger partial charge in [-0.05, 0) is 43.0 Å². The number of rotatable bonds is 3. The molecule has 25 heavy (non-hydrogen) atoms. The molecule has 1 N–H and O–H groups in total. The predicted octanol–water partition coefficient (Wildman–Crippen LogP) is 3.59. The molecule has 3 atom stereocenters. The molecular formula is C21H26N4. The fraction of sp³-hybridized carbons (Fsp3) is 0.476. The zero-order chi connectivity index (χ0) is 17.0. The summed E-state index contributed by atoms with van der Waals surface area (Å²) < 4.78 is 2.37. The minimum atomic E-state index is 0.638. The summed E-state index contributed by atoms with van der Waals surface area (Å²) in [6.07, 6.45) is 9.78. The van der Waals surface area contributed by atoms with E-state index in [9.17, 15) is 0 Å². The fourth-order valence-electron chi connectivity index (χ4n) is 5.29. The summed E-state index contributed by atoms with van der Waals surface area (Å²) >= 11 is 0. The summed E-state index contributed by atoms with van der Waals surface area (Å²) in [5.74, 6) is 2.54. The lowest BCUT2D eigenvalue weighted by Crippen LogP contribution is -2.48. The molecule has 1 aliphatic heterocycles. The predicted molar refractivity (Wildman–Crippen MR) is 101 cm³/mol. The standard InChI is InChI=1S/C21H26N4/c1-3-20-22-7-8-25(20)13-14-9-17-16-5-4-6-18-21(16)15(11-23-18)10-19(17)24(2)12-14/h4-8,11,14,17,19,23H,3,9-10,12-13H2,1-2H3/t14-,17?,19-/m1/s1. The lowest BCUT2D eigenvalue weighted by atomic mass is 9.72. The Hall–Kier alpha value is -2.07. The van der Waals surface area contributed by atoms with Crippen LogP contribution in [0.25, 0.3) is 10.9 Å². The molecule has 1 aromatic carbocycles. The van der Waals surface area contributed by atoms with Gasteiger partial charge in [-0.1, -0.05) is 19.1 Å². The molecule has 5 rings (SSSR count). The Bertz CT molecular complexity index is 906. The van der Waals surface area contributed by atoms with Gasteiger partial charge in [-0.2, -0.15) is 0 Å². The number of likely N-dealkylation sites (N-methyl/N-ethyl adjacent to an activating group) is 1. The van der Waals surface area contributed by atoms with Crippen molar-refractivity contribution in [2.24, 2.45) is 5.92 Å². The highest BCUT2D eigenvalue weighted by Crippen LogP contribution is 2.44. The number of hydrogen-bond acceptors (Lipinski definition) is 2. The molecular weight excluding hydrogens is 308 g/mol. The summed E-state index contributed by atoms with van der Waals surface area (Å²) in [7, 11) is 2.32. The molecule has 1 unspecified atom stereocenters. The van der Waals surface area contributed by atoms with E-state index < -0.39 is 0 Å². The van der Waals surface area contributed by atoms with E-state index >= 15 is 0 Å². The van der Waals surface area contributed by atoms with Crippen LogP contribution in [0.3, 0.4) is 0 Å². The van der Waals surface area contributed by atoms with Crippen LogP contribution in [0, 0.1) is 5.92 Å². The van der Waals surface area contributed by atoms with E-state index in [-0.39, 0.29) is 0 Å². The van der Waals surface area contributed by atoms with Crippen molar-refractivity contribution in [2.75, 3.05) is 13.6 Å². The quantitative estimate of drug-likeness (QED) is 0.795. The number of benzene rings is 1. The van der Waals surface area contributed by atoms with Crippen LogP contribution in [0.2, 0.25) is 0 Å². The first-order chi connectivity index (χ1) is 12.2. The number of H-pyrrole nitrogens is 1. The first kappa shape index (κ1) is 15.2. The number of aromatic amines is 1. The van der Waals surface area contributed by atoms with Crippen molar-refractivity contribution >= 4 is 10.9 Å². The summed E-state index contributed by atoms with van der Waals surface area (Å²) in [4.78, 5) is 10.6. The molecule has 1 fully saturated rings. The van der Waals surface area contributed by atoms with Gasteiger partial charge in [-0.15, -0.1) is 0 Å². The molecule has 4 heteroatoms. The molecule has 2 aliphatic rings. The second-order valence-corrected chi connectivity index (χ2v) is 7.85. The highest BCUT2D eigenvalue weighted by atomic mass is 15.2. The van der Waals surface area contributed by atoms with E-state index in [0.717, 1.165) is 13.0 Å². The summed E-state index contributed by atoms with van der Waals surface area (Å²) in [6, 6.07) is 7.43. The van der Waals surface area contributed by atoms with Crippen molar-refractivity contribution in [1.29, 1.82) is 0 Å². The van der Waals surface area contributed by atoms with Crippen LogP contribution in [0.1, 0.15) is 36.2 Å². The van der Waals surface area contributed by atoms with Gasteiger partial charge >= 0.3 is 0 Å². The van der Waals surface area contributed by atoms with Crippen LogP contribution >= 0.6 is 0 Å². The number of aryl methyl sites for hydroxylation is 1. The summed E-state index contributed by atoms with van der Waals surface area (Å²) in [5.41, 5.74) is 4.36. The molecule has 4 nitrogen and oxygen atoms in total. The van der Waals surface area contributed by atoms with E-state index in [0.29, 0.717) is 17.9 Å². The van der Waals surface area contributed by atoms with Gasteiger partial charge in [0.25, 0.3) is 0 Å². The maximum Gasteiger partial charge on any atom is 0.108 e. The molecule has 3 heterocycles. The molecule has 0 amide bonds. The number of likely N-dealkylation sites (tertiary alicyclic amines) is 1. The highest BCUT2D eigenvalue weighted by Gasteiger charge is 2.39. The van der Waals surface area contributed by atoms with Crippen LogP contribution < -0.4 is 0 Å². The van der Waals surface area contributed by atoms with Crippen LogP contribution in [0.5, 0.6) is 0 Å². The SMILES string of the molecule is CCc1nccn1C[C@@H]1CC2c3cccc4[nH]cc(c34)C[C@H]2N(C)C1. The van der Waals surface area contributed by atoms with Gasteiger partial charge in [0.15, 0.2) is 0 Å². The minimum Gasteiger partial charge on any atom is -0.361 e. The maximum absolute atomic E-state index is 4.50. The number of nitrogens with one attached hydrogen (secondary N) is 1. The number of nitrogens with zero attached hydrogens (tertiary/aromatic N) is 3. The van der Waals surface area contributed by atoms with Crippen molar-refractivity contribution in [3.05, 3.63) is 53.7 Å². The monoisotopic (exact) mass is 334 g/mol. The zero-order valence-electron chi connectivity index (χ0n) is 15.1. The Morgan fingerprint density at radius 3 is 3.12 bits per heavy atom. The fourth-order valence-corrected chi connectivity index (χ4v) is 5.29. The van der Waals surface area contributed by atoms with Crippen LogP contribution in [-0.4, -0.2) is 39.1 Å². The highest BCUT2D eigenvalue weighted by molar-refractivity contribution is 5.88. The Morgan fingerprint density at radius 2 is 2.24 bits per heavy atom. The van der Waals surface area contributed by atoms with E-state index in [2.05, 4.69) is 64.0 Å². The number of piperidine rings is 1. The Labute approximate surface area is 148 Å². The Kier molecular flexibility index (Phi) is 3.49. The number of hydrogen-bond donors (Lipinski definition) is 1. The van der Waals surface area contributed by atoms with Crippen molar-refractivity contribution in [2.45, 2.75) is 44.7 Å². The van der Waals surface area contributed by atoms with E-state index in [1.165, 1.54) is 41.7 Å². The van der Waals surface area contributed by atoms with Gasteiger partial charge in [-0.3, -0.25) is 0 Å². The van der Waals surface area contributed by atoms with E-state index in [1.807, 2.05) is 6.20 Å². The van der Waals surface area contributed by atoms with Crippen molar-refractivity contribution in [3.8, 4) is 0 Å². The molecule has 1 aliphatic carbocycles. The molecule has 0 radical (unpaired) electrons. The summed E-state index contributed by atoms with van der Waals surface area (Å²) in [6.45, 7) is 4.46. The number of fused-ring (bicyclic) bond motifs is 2. The lowest BCUT2D eigenvalue weighted by Gasteiger charge is -2.45. The van der Waals surface area contributed by atoms with Crippen LogP contribution in [0.4, 0.5) is 0 Å². The molecule has 0 spiro atoms. The van der Waals surface area contributed by atoms with Gasteiger partial charge in [0.1, 0.15) is 5.82 Å². The second kappa shape index (κ2) is 5.73. The lowest BCUT2D eigenvalue weighted by molar-refractivity contribution is 0.103. The summed E-state index contributed by atoms with van der Waals surface area (Å²) in [5, 5.41) is 1.50. The molecule has 0 bridgehead atoms. The molecule has 3 aromatic rings. The van der Waals surface area contributed by atoms with Crippen molar-refractivity contribution in [3.63, 3.8) is 0 Å². The average Bonchev–Trinajstić information content (AvgIpc) is 3.24. The van der Waals surface area contributed by atoms with Crippen LogP contribution in [0.15, 0.2) is 36.8 Å². The topological polar surface area (TPSA) is 36.9 Å². The molecule has 2 aromatic heterocycles. The van der Waals surface area contributed by atoms with E-state index in [1.54, 1.807) is 5.56 Å². The van der Waals surface area contributed by atoms with Gasteiger partial charge in [0.2, 0.25) is 0 Å².